The van der Waals surface area contributed by atoms with E-state index in [1.54, 1.807) is 42.5 Å². The monoisotopic (exact) mass is 575 g/mol. The van der Waals surface area contributed by atoms with Crippen LogP contribution < -0.4 is 14.8 Å². The number of nitriles is 1. The number of benzene rings is 3. The van der Waals surface area contributed by atoms with E-state index < -0.39 is 10.8 Å². The smallest absolute Gasteiger partial charge is 0.269 e. The molecule has 3 aromatic carbocycles. The van der Waals surface area contributed by atoms with E-state index in [4.69, 9.17) is 32.7 Å². The summed E-state index contributed by atoms with van der Waals surface area (Å²) in [5.74, 6) is 0.0741. The summed E-state index contributed by atoms with van der Waals surface area (Å²) in [6, 6.07) is 15.9. The topological polar surface area (TPSA) is 114 Å². The van der Waals surface area contributed by atoms with Crippen LogP contribution in [0.15, 0.2) is 64.6 Å². The van der Waals surface area contributed by atoms with Crippen molar-refractivity contribution in [1.82, 2.24) is 0 Å². The molecule has 0 saturated carbocycles. The molecule has 0 heterocycles. The van der Waals surface area contributed by atoms with Gasteiger partial charge < -0.3 is 14.8 Å². The highest BCUT2D eigenvalue weighted by molar-refractivity contribution is 9.10. The van der Waals surface area contributed by atoms with Crippen LogP contribution in [0.3, 0.4) is 0 Å². The third kappa shape index (κ3) is 6.51. The minimum absolute atomic E-state index is 0.0152. The molecule has 11 heteroatoms. The summed E-state index contributed by atoms with van der Waals surface area (Å²) >= 11 is 15.5. The SMILES string of the molecule is COc1cc(/C=C(/C#N)C(=O)Nc2cccc(Cl)c2Cl)cc(Br)c1OCc1ccc([N+](=O)[O-])cc1. The highest BCUT2D eigenvalue weighted by Gasteiger charge is 2.16. The van der Waals surface area contributed by atoms with Gasteiger partial charge in [-0.25, -0.2) is 0 Å². The van der Waals surface area contributed by atoms with Crippen LogP contribution in [-0.4, -0.2) is 17.9 Å². The fourth-order valence-electron chi connectivity index (χ4n) is 2.94. The van der Waals surface area contributed by atoms with Crippen LogP contribution >= 0.6 is 39.1 Å². The molecule has 0 aliphatic rings. The van der Waals surface area contributed by atoms with Crippen LogP contribution in [0.25, 0.3) is 6.08 Å². The Morgan fingerprint density at radius 3 is 2.57 bits per heavy atom. The van der Waals surface area contributed by atoms with Gasteiger partial charge in [0.25, 0.3) is 11.6 Å². The van der Waals surface area contributed by atoms with Gasteiger partial charge in [0.2, 0.25) is 0 Å². The molecule has 0 radical (unpaired) electrons. The first-order valence-corrected chi connectivity index (χ1v) is 11.4. The molecule has 0 unspecified atom stereocenters. The first-order chi connectivity index (χ1) is 16.7. The summed E-state index contributed by atoms with van der Waals surface area (Å²) in [6.45, 7) is 0.133. The molecule has 0 spiro atoms. The molecule has 3 aromatic rings. The van der Waals surface area contributed by atoms with Gasteiger partial charge in [0.15, 0.2) is 11.5 Å². The second-order valence-electron chi connectivity index (χ2n) is 6.97. The van der Waals surface area contributed by atoms with E-state index in [0.29, 0.717) is 21.5 Å². The molecule has 0 bridgehead atoms. The van der Waals surface area contributed by atoms with Gasteiger partial charge in [-0.2, -0.15) is 5.26 Å². The number of nitrogens with one attached hydrogen (secondary N) is 1. The molecule has 0 atom stereocenters. The van der Waals surface area contributed by atoms with Gasteiger partial charge in [0, 0.05) is 12.1 Å². The van der Waals surface area contributed by atoms with E-state index >= 15 is 0 Å². The highest BCUT2D eigenvalue weighted by Crippen LogP contribution is 2.38. The van der Waals surface area contributed by atoms with Gasteiger partial charge in [-0.05, 0) is 69.5 Å². The quantitative estimate of drug-likeness (QED) is 0.136. The zero-order valence-corrected chi connectivity index (χ0v) is 21.1. The molecule has 0 saturated heterocycles. The zero-order valence-electron chi connectivity index (χ0n) is 18.1. The van der Waals surface area contributed by atoms with Crippen molar-refractivity contribution in [2.45, 2.75) is 6.61 Å². The number of rotatable bonds is 8. The number of anilines is 1. The Hall–Kier alpha value is -3.58. The van der Waals surface area contributed by atoms with Crippen LogP contribution in [0.2, 0.25) is 10.0 Å². The number of nitro benzene ring substituents is 1. The Morgan fingerprint density at radius 2 is 1.94 bits per heavy atom. The lowest BCUT2D eigenvalue weighted by Crippen LogP contribution is -2.13. The molecule has 178 valence electrons. The summed E-state index contributed by atoms with van der Waals surface area (Å²) in [5, 5.41) is 23.3. The third-order valence-electron chi connectivity index (χ3n) is 4.66. The summed E-state index contributed by atoms with van der Waals surface area (Å²) in [6.07, 6.45) is 1.39. The van der Waals surface area contributed by atoms with Gasteiger partial charge in [-0.1, -0.05) is 29.3 Å². The van der Waals surface area contributed by atoms with E-state index in [1.807, 2.05) is 6.07 Å². The molecule has 0 aromatic heterocycles. The van der Waals surface area contributed by atoms with Crippen molar-refractivity contribution in [3.63, 3.8) is 0 Å². The van der Waals surface area contributed by atoms with Crippen molar-refractivity contribution in [2.75, 3.05) is 12.4 Å². The van der Waals surface area contributed by atoms with E-state index in [9.17, 15) is 20.2 Å². The van der Waals surface area contributed by atoms with Crippen molar-refractivity contribution in [3.8, 4) is 17.6 Å². The summed E-state index contributed by atoms with van der Waals surface area (Å²) < 4.78 is 11.8. The fourth-order valence-corrected chi connectivity index (χ4v) is 3.86. The number of amides is 1. The average Bonchev–Trinajstić information content (AvgIpc) is 2.84. The Labute approximate surface area is 219 Å². The summed E-state index contributed by atoms with van der Waals surface area (Å²) in [7, 11) is 1.45. The van der Waals surface area contributed by atoms with E-state index in [2.05, 4.69) is 21.2 Å². The lowest BCUT2D eigenvalue weighted by atomic mass is 10.1. The minimum Gasteiger partial charge on any atom is -0.493 e. The lowest BCUT2D eigenvalue weighted by molar-refractivity contribution is -0.384. The van der Waals surface area contributed by atoms with Gasteiger partial charge in [-0.15, -0.1) is 0 Å². The molecule has 8 nitrogen and oxygen atoms in total. The number of halogens is 3. The molecule has 35 heavy (non-hydrogen) atoms. The van der Waals surface area contributed by atoms with Gasteiger partial charge in [0.1, 0.15) is 18.2 Å². The zero-order chi connectivity index (χ0) is 25.5. The first-order valence-electron chi connectivity index (χ1n) is 9.84. The fraction of sp³-hybridized carbons (Fsp3) is 0.0833. The third-order valence-corrected chi connectivity index (χ3v) is 6.07. The summed E-state index contributed by atoms with van der Waals surface area (Å²) in [5.41, 5.74) is 1.31. The standard InChI is InChI=1S/C24H16BrCl2N3O5/c1-34-21-11-15(9-16(12-28)24(31)29-20-4-2-3-19(26)22(20)27)10-18(25)23(21)35-13-14-5-7-17(8-6-14)30(32)33/h2-11H,13H2,1H3,(H,29,31)/b16-9-. The van der Waals surface area contributed by atoms with Crippen molar-refractivity contribution in [1.29, 1.82) is 5.26 Å². The average molecular weight is 577 g/mol. The van der Waals surface area contributed by atoms with Crippen LogP contribution in [0, 0.1) is 21.4 Å². The number of hydrogen-bond acceptors (Lipinski definition) is 6. The largest absolute Gasteiger partial charge is 0.493 e. The number of ether oxygens (including phenoxy) is 2. The normalized spacial score (nSPS) is 10.9. The van der Waals surface area contributed by atoms with Crippen LogP contribution in [0.1, 0.15) is 11.1 Å². The number of carbonyl (C=O) groups is 1. The maximum Gasteiger partial charge on any atom is 0.269 e. The van der Waals surface area contributed by atoms with E-state index in [0.717, 1.165) is 5.56 Å². The highest BCUT2D eigenvalue weighted by atomic mass is 79.9. The number of methoxy groups -OCH3 is 1. The Balaban J connectivity index is 1.81. The molecule has 3 rings (SSSR count). The van der Waals surface area contributed by atoms with Crippen molar-refractivity contribution in [3.05, 3.63) is 95.9 Å². The second-order valence-corrected chi connectivity index (χ2v) is 8.61. The van der Waals surface area contributed by atoms with Gasteiger partial charge in [-0.3, -0.25) is 14.9 Å². The number of hydrogen-bond donors (Lipinski definition) is 1. The molecule has 0 aliphatic heterocycles. The van der Waals surface area contributed by atoms with Gasteiger partial charge >= 0.3 is 0 Å². The molecular weight excluding hydrogens is 561 g/mol. The molecule has 1 amide bonds. The molecular formula is C24H16BrCl2N3O5. The van der Waals surface area contributed by atoms with E-state index in [-0.39, 0.29) is 33.6 Å². The predicted molar refractivity (Wildman–Crippen MR) is 137 cm³/mol. The molecule has 1 N–H and O–H groups in total. The van der Waals surface area contributed by atoms with Crippen molar-refractivity contribution < 1.29 is 19.2 Å². The maximum absolute atomic E-state index is 12.6. The van der Waals surface area contributed by atoms with Gasteiger partial charge in [0.05, 0.1) is 32.2 Å². The first kappa shape index (κ1) is 26.0. The predicted octanol–water partition coefficient (Wildman–Crippen LogP) is 6.80. The van der Waals surface area contributed by atoms with E-state index in [1.165, 1.54) is 25.3 Å². The molecule has 0 fully saturated rings. The van der Waals surface area contributed by atoms with Crippen LogP contribution in [-0.2, 0) is 11.4 Å². The number of carbonyl (C=O) groups excluding carboxylic acids is 1. The summed E-state index contributed by atoms with van der Waals surface area (Å²) in [4.78, 5) is 23.0. The molecule has 0 aliphatic carbocycles. The minimum atomic E-state index is -0.662. The van der Waals surface area contributed by atoms with Crippen LogP contribution in [0.4, 0.5) is 11.4 Å². The number of nitro groups is 1. The Bertz CT molecular complexity index is 1350. The Morgan fingerprint density at radius 1 is 1.23 bits per heavy atom. The van der Waals surface area contributed by atoms with Crippen molar-refractivity contribution in [2.24, 2.45) is 0 Å². The lowest BCUT2D eigenvalue weighted by Gasteiger charge is -2.14. The van der Waals surface area contributed by atoms with Crippen LogP contribution in [0.5, 0.6) is 11.5 Å². The Kier molecular flexibility index (Phi) is 8.71. The second kappa shape index (κ2) is 11.7. The van der Waals surface area contributed by atoms with Crippen molar-refractivity contribution >= 4 is 62.5 Å². The maximum atomic E-state index is 12.6. The number of nitrogens with zero attached hydrogens (tertiary/aromatic N) is 2. The number of non-ortho nitro benzene ring substituents is 1.